The van der Waals surface area contributed by atoms with Gasteiger partial charge in [-0.05, 0) is 66.5 Å². The Bertz CT molecular complexity index is 1060. The number of anilines is 1. The summed E-state index contributed by atoms with van der Waals surface area (Å²) in [6.07, 6.45) is 4.48. The largest absolute Gasteiger partial charge is 0.280 e. The van der Waals surface area contributed by atoms with Crippen LogP contribution in [0.15, 0.2) is 64.0 Å². The molecule has 0 aliphatic heterocycles. The highest BCUT2D eigenvalue weighted by Crippen LogP contribution is 2.31. The molecule has 0 radical (unpaired) electrons. The maximum atomic E-state index is 13.0. The summed E-state index contributed by atoms with van der Waals surface area (Å²) in [4.78, 5) is 0.295. The van der Waals surface area contributed by atoms with Crippen molar-refractivity contribution < 1.29 is 8.42 Å². The van der Waals surface area contributed by atoms with Crippen LogP contribution in [0.25, 0.3) is 10.8 Å². The van der Waals surface area contributed by atoms with Crippen molar-refractivity contribution in [2.75, 3.05) is 4.72 Å². The number of halogens is 1. The van der Waals surface area contributed by atoms with Crippen LogP contribution >= 0.6 is 15.9 Å². The molecule has 0 unspecified atom stereocenters. The van der Waals surface area contributed by atoms with Gasteiger partial charge in [0.15, 0.2) is 0 Å². The molecule has 3 nitrogen and oxygen atoms in total. The molecule has 1 N–H and O–H groups in total. The van der Waals surface area contributed by atoms with Crippen molar-refractivity contribution in [2.45, 2.75) is 30.6 Å². The van der Waals surface area contributed by atoms with Crippen molar-refractivity contribution in [3.8, 4) is 0 Å². The molecule has 3 aromatic carbocycles. The normalized spacial score (nSPS) is 14.3. The fraction of sp³-hybridized carbons (Fsp3) is 0.200. The van der Waals surface area contributed by atoms with Gasteiger partial charge in [-0.2, -0.15) is 0 Å². The van der Waals surface area contributed by atoms with Gasteiger partial charge in [0.2, 0.25) is 0 Å². The Labute approximate surface area is 156 Å². The van der Waals surface area contributed by atoms with Crippen LogP contribution < -0.4 is 4.72 Å². The number of sulfonamides is 1. The number of rotatable bonds is 3. The topological polar surface area (TPSA) is 46.2 Å². The fourth-order valence-electron chi connectivity index (χ4n) is 3.48. The van der Waals surface area contributed by atoms with Crippen molar-refractivity contribution in [2.24, 2.45) is 0 Å². The second-order valence-electron chi connectivity index (χ2n) is 6.39. The van der Waals surface area contributed by atoms with Crippen LogP contribution in [0.3, 0.4) is 0 Å². The van der Waals surface area contributed by atoms with Crippen molar-refractivity contribution in [3.63, 3.8) is 0 Å². The SMILES string of the molecule is O=S(=O)(Nc1ccc2c(c1)CCCC2)c1ccc(Br)c2ccccc12. The standard InChI is InChI=1S/C20H18BrNO2S/c21-19-11-12-20(18-8-4-3-7-17(18)19)25(23,24)22-16-10-9-14-5-1-2-6-15(14)13-16/h3-4,7-13,22H,1-2,5-6H2. The number of fused-ring (bicyclic) bond motifs is 2. The first kappa shape index (κ1) is 16.6. The Hall–Kier alpha value is -1.85. The van der Waals surface area contributed by atoms with Gasteiger partial charge in [-0.1, -0.05) is 46.3 Å². The molecule has 128 valence electrons. The average Bonchev–Trinajstić information content (AvgIpc) is 2.61. The minimum absolute atomic E-state index is 0.295. The molecular weight excluding hydrogens is 398 g/mol. The molecule has 0 heterocycles. The van der Waals surface area contributed by atoms with Crippen LogP contribution in [0.1, 0.15) is 24.0 Å². The van der Waals surface area contributed by atoms with Crippen LogP contribution in [0, 0.1) is 0 Å². The monoisotopic (exact) mass is 415 g/mol. The number of aryl methyl sites for hydroxylation is 2. The van der Waals surface area contributed by atoms with E-state index in [1.807, 2.05) is 42.5 Å². The van der Waals surface area contributed by atoms with E-state index in [2.05, 4.69) is 20.7 Å². The molecule has 0 saturated carbocycles. The Kier molecular flexibility index (Phi) is 4.29. The van der Waals surface area contributed by atoms with E-state index < -0.39 is 10.0 Å². The first-order chi connectivity index (χ1) is 12.0. The van der Waals surface area contributed by atoms with E-state index in [4.69, 9.17) is 0 Å². The molecule has 1 aliphatic rings. The van der Waals surface area contributed by atoms with Crippen molar-refractivity contribution in [1.29, 1.82) is 0 Å². The number of hydrogen-bond donors (Lipinski definition) is 1. The molecular formula is C20H18BrNO2S. The molecule has 25 heavy (non-hydrogen) atoms. The van der Waals surface area contributed by atoms with Gasteiger partial charge < -0.3 is 0 Å². The highest BCUT2D eigenvalue weighted by molar-refractivity contribution is 9.10. The molecule has 0 amide bonds. The first-order valence-electron chi connectivity index (χ1n) is 8.36. The van der Waals surface area contributed by atoms with Gasteiger partial charge in [0.25, 0.3) is 10.0 Å². The average molecular weight is 416 g/mol. The second-order valence-corrected chi connectivity index (χ2v) is 8.89. The summed E-state index contributed by atoms with van der Waals surface area (Å²) in [5.74, 6) is 0. The molecule has 3 aromatic rings. The summed E-state index contributed by atoms with van der Waals surface area (Å²) in [6, 6.07) is 16.8. The van der Waals surface area contributed by atoms with E-state index in [1.165, 1.54) is 24.0 Å². The Morgan fingerprint density at radius 1 is 0.840 bits per heavy atom. The number of hydrogen-bond acceptors (Lipinski definition) is 2. The lowest BCUT2D eigenvalue weighted by atomic mass is 9.91. The Morgan fingerprint density at radius 3 is 2.36 bits per heavy atom. The molecule has 0 bridgehead atoms. The van der Waals surface area contributed by atoms with E-state index in [9.17, 15) is 8.42 Å². The van der Waals surface area contributed by atoms with Gasteiger partial charge in [-0.3, -0.25) is 4.72 Å². The second kappa shape index (κ2) is 6.46. The maximum Gasteiger partial charge on any atom is 0.262 e. The lowest BCUT2D eigenvalue weighted by Gasteiger charge is -2.17. The predicted molar refractivity (Wildman–Crippen MR) is 106 cm³/mol. The minimum Gasteiger partial charge on any atom is -0.280 e. The quantitative estimate of drug-likeness (QED) is 0.631. The van der Waals surface area contributed by atoms with Crippen molar-refractivity contribution in [1.82, 2.24) is 0 Å². The van der Waals surface area contributed by atoms with E-state index in [0.717, 1.165) is 22.7 Å². The van der Waals surface area contributed by atoms with Crippen LogP contribution in [0.2, 0.25) is 0 Å². The third-order valence-electron chi connectivity index (χ3n) is 4.72. The molecule has 0 saturated heterocycles. The van der Waals surface area contributed by atoms with Gasteiger partial charge in [0.05, 0.1) is 4.90 Å². The fourth-order valence-corrected chi connectivity index (χ4v) is 5.22. The molecule has 5 heteroatoms. The van der Waals surface area contributed by atoms with Crippen LogP contribution in [0.5, 0.6) is 0 Å². The van der Waals surface area contributed by atoms with E-state index in [1.54, 1.807) is 12.1 Å². The minimum atomic E-state index is -3.65. The van der Waals surface area contributed by atoms with E-state index >= 15 is 0 Å². The van der Waals surface area contributed by atoms with Gasteiger partial charge in [-0.25, -0.2) is 8.42 Å². The highest BCUT2D eigenvalue weighted by atomic mass is 79.9. The maximum absolute atomic E-state index is 13.0. The lowest BCUT2D eigenvalue weighted by molar-refractivity contribution is 0.602. The zero-order chi connectivity index (χ0) is 17.4. The van der Waals surface area contributed by atoms with Crippen LogP contribution in [0.4, 0.5) is 5.69 Å². The van der Waals surface area contributed by atoms with E-state index in [0.29, 0.717) is 16.0 Å². The van der Waals surface area contributed by atoms with E-state index in [-0.39, 0.29) is 0 Å². The third-order valence-corrected chi connectivity index (χ3v) is 6.85. The molecule has 0 spiro atoms. The summed E-state index contributed by atoms with van der Waals surface area (Å²) in [5.41, 5.74) is 3.23. The zero-order valence-electron chi connectivity index (χ0n) is 13.6. The molecule has 0 aromatic heterocycles. The molecule has 0 atom stereocenters. The lowest BCUT2D eigenvalue weighted by Crippen LogP contribution is -2.14. The van der Waals surface area contributed by atoms with Crippen LogP contribution in [-0.4, -0.2) is 8.42 Å². The van der Waals surface area contributed by atoms with Gasteiger partial charge in [0.1, 0.15) is 0 Å². The van der Waals surface area contributed by atoms with Crippen molar-refractivity contribution >= 4 is 42.4 Å². The summed E-state index contributed by atoms with van der Waals surface area (Å²) >= 11 is 3.49. The van der Waals surface area contributed by atoms with Crippen LogP contribution in [-0.2, 0) is 22.9 Å². The summed E-state index contributed by atoms with van der Waals surface area (Å²) in [5, 5.41) is 1.60. The van der Waals surface area contributed by atoms with Crippen molar-refractivity contribution in [3.05, 3.63) is 70.2 Å². The zero-order valence-corrected chi connectivity index (χ0v) is 16.0. The van der Waals surface area contributed by atoms with Gasteiger partial charge in [0, 0.05) is 15.5 Å². The van der Waals surface area contributed by atoms with Gasteiger partial charge >= 0.3 is 0 Å². The molecule has 0 fully saturated rings. The van der Waals surface area contributed by atoms with Gasteiger partial charge in [-0.15, -0.1) is 0 Å². The Balaban J connectivity index is 1.75. The number of benzene rings is 3. The summed E-state index contributed by atoms with van der Waals surface area (Å²) < 4.78 is 29.6. The summed E-state index contributed by atoms with van der Waals surface area (Å²) in [6.45, 7) is 0. The molecule has 4 rings (SSSR count). The Morgan fingerprint density at radius 2 is 1.56 bits per heavy atom. The smallest absolute Gasteiger partial charge is 0.262 e. The summed E-state index contributed by atoms with van der Waals surface area (Å²) in [7, 11) is -3.65. The highest BCUT2D eigenvalue weighted by Gasteiger charge is 2.19. The predicted octanol–water partition coefficient (Wildman–Crippen LogP) is 5.28. The number of nitrogens with one attached hydrogen (secondary N) is 1. The molecule has 1 aliphatic carbocycles. The third kappa shape index (κ3) is 3.18. The first-order valence-corrected chi connectivity index (χ1v) is 10.6.